The molecule has 0 spiro atoms. The number of nitrogens with two attached hydrogens (primary N) is 1. The molecule has 0 bridgehead atoms. The first kappa shape index (κ1) is 18.2. The van der Waals surface area contributed by atoms with Crippen LogP contribution in [0.4, 0.5) is 0 Å². The molecule has 0 aliphatic heterocycles. The molecule has 130 valence electrons. The number of hydrogen-bond acceptors (Lipinski definition) is 4. The highest BCUT2D eigenvalue weighted by Crippen LogP contribution is 2.19. The molecule has 5 heteroatoms. The summed E-state index contributed by atoms with van der Waals surface area (Å²) in [5.41, 5.74) is 7.83. The normalized spacial score (nSPS) is 12.4. The number of aryl methyl sites for hydroxylation is 1. The lowest BCUT2D eigenvalue weighted by Gasteiger charge is -2.22. The summed E-state index contributed by atoms with van der Waals surface area (Å²) in [6.07, 6.45) is 2.28. The molecule has 2 aromatic rings. The van der Waals surface area contributed by atoms with Gasteiger partial charge in [0.05, 0.1) is 6.04 Å². The van der Waals surface area contributed by atoms with Crippen molar-refractivity contribution in [1.82, 2.24) is 10.1 Å². The molecule has 2 rings (SSSR count). The Kier molecular flexibility index (Phi) is 6.55. The van der Waals surface area contributed by atoms with Crippen LogP contribution in [0.5, 0.6) is 0 Å². The third-order valence-corrected chi connectivity index (χ3v) is 3.96. The van der Waals surface area contributed by atoms with Crippen LogP contribution in [0.2, 0.25) is 0 Å². The van der Waals surface area contributed by atoms with Gasteiger partial charge in [-0.25, -0.2) is 0 Å². The van der Waals surface area contributed by atoms with Crippen molar-refractivity contribution in [3.63, 3.8) is 0 Å². The van der Waals surface area contributed by atoms with Crippen molar-refractivity contribution in [2.75, 3.05) is 13.6 Å². The van der Waals surface area contributed by atoms with E-state index in [9.17, 15) is 4.79 Å². The van der Waals surface area contributed by atoms with Crippen LogP contribution in [0.3, 0.4) is 0 Å². The van der Waals surface area contributed by atoms with Gasteiger partial charge in [0.1, 0.15) is 11.5 Å². The summed E-state index contributed by atoms with van der Waals surface area (Å²) in [6.45, 7) is 4.80. The number of aromatic nitrogens is 1. The van der Waals surface area contributed by atoms with Gasteiger partial charge in [-0.05, 0) is 18.8 Å². The topological polar surface area (TPSA) is 72.4 Å². The molecular formula is C19H27N3O2. The van der Waals surface area contributed by atoms with Crippen LogP contribution in [-0.2, 0) is 11.2 Å². The van der Waals surface area contributed by atoms with Gasteiger partial charge in [0.15, 0.2) is 0 Å². The van der Waals surface area contributed by atoms with Gasteiger partial charge < -0.3 is 15.2 Å². The Balaban J connectivity index is 1.80. The molecule has 0 fully saturated rings. The molecule has 5 nitrogen and oxygen atoms in total. The Morgan fingerprint density at radius 2 is 2.00 bits per heavy atom. The largest absolute Gasteiger partial charge is 0.361 e. The molecule has 0 saturated heterocycles. The Morgan fingerprint density at radius 3 is 2.67 bits per heavy atom. The molecule has 0 aliphatic carbocycles. The standard InChI is InChI=1S/C19H27N3O2/c1-14(2)12-17(20)19(23)22(3)11-7-10-16-13-18(21-24-16)15-8-5-4-6-9-15/h4-6,8-9,13-14,17H,7,10-12,20H2,1-3H3/t17-/m0/s1. The van der Waals surface area contributed by atoms with Gasteiger partial charge in [0.2, 0.25) is 5.91 Å². The Hall–Kier alpha value is -2.14. The predicted octanol–water partition coefficient (Wildman–Crippen LogP) is 3.11. The number of rotatable bonds is 8. The van der Waals surface area contributed by atoms with Gasteiger partial charge >= 0.3 is 0 Å². The van der Waals surface area contributed by atoms with E-state index in [4.69, 9.17) is 10.3 Å². The van der Waals surface area contributed by atoms with E-state index < -0.39 is 6.04 Å². The van der Waals surface area contributed by atoms with Crippen molar-refractivity contribution in [2.45, 2.75) is 39.2 Å². The van der Waals surface area contributed by atoms with Gasteiger partial charge in [0, 0.05) is 31.6 Å². The minimum Gasteiger partial charge on any atom is -0.361 e. The van der Waals surface area contributed by atoms with E-state index in [0.717, 1.165) is 29.9 Å². The number of carbonyl (C=O) groups is 1. The number of amides is 1. The first-order valence-corrected chi connectivity index (χ1v) is 8.49. The second kappa shape index (κ2) is 8.64. The molecule has 1 atom stereocenters. The quantitative estimate of drug-likeness (QED) is 0.807. The number of benzene rings is 1. The van der Waals surface area contributed by atoms with Gasteiger partial charge in [-0.2, -0.15) is 0 Å². The molecule has 0 aliphatic rings. The van der Waals surface area contributed by atoms with Crippen molar-refractivity contribution in [2.24, 2.45) is 11.7 Å². The zero-order valence-electron chi connectivity index (χ0n) is 14.7. The molecule has 2 N–H and O–H groups in total. The lowest BCUT2D eigenvalue weighted by Crippen LogP contribution is -2.42. The highest BCUT2D eigenvalue weighted by atomic mass is 16.5. The summed E-state index contributed by atoms with van der Waals surface area (Å²) in [6, 6.07) is 11.5. The first-order chi connectivity index (χ1) is 11.5. The van der Waals surface area contributed by atoms with Crippen molar-refractivity contribution in [3.05, 3.63) is 42.2 Å². The summed E-state index contributed by atoms with van der Waals surface area (Å²) < 4.78 is 5.38. The highest BCUT2D eigenvalue weighted by molar-refractivity contribution is 5.81. The average Bonchev–Trinajstić information content (AvgIpc) is 3.03. The van der Waals surface area contributed by atoms with E-state index >= 15 is 0 Å². The van der Waals surface area contributed by atoms with Crippen LogP contribution < -0.4 is 5.73 Å². The maximum atomic E-state index is 12.2. The summed E-state index contributed by atoms with van der Waals surface area (Å²) in [7, 11) is 1.80. The van der Waals surface area contributed by atoms with E-state index in [1.54, 1.807) is 11.9 Å². The monoisotopic (exact) mass is 329 g/mol. The van der Waals surface area contributed by atoms with Crippen LogP contribution in [0.25, 0.3) is 11.3 Å². The van der Waals surface area contributed by atoms with E-state index in [-0.39, 0.29) is 5.91 Å². The third kappa shape index (κ3) is 5.20. The number of nitrogens with zero attached hydrogens (tertiary/aromatic N) is 2. The van der Waals surface area contributed by atoms with Crippen LogP contribution in [-0.4, -0.2) is 35.6 Å². The van der Waals surface area contributed by atoms with E-state index in [1.165, 1.54) is 0 Å². The average molecular weight is 329 g/mol. The van der Waals surface area contributed by atoms with Crippen LogP contribution >= 0.6 is 0 Å². The molecule has 0 radical (unpaired) electrons. The summed E-state index contributed by atoms with van der Waals surface area (Å²) in [5, 5.41) is 4.10. The van der Waals surface area contributed by atoms with Crippen LogP contribution in [0.1, 0.15) is 32.4 Å². The van der Waals surface area contributed by atoms with Crippen molar-refractivity contribution in [1.29, 1.82) is 0 Å². The highest BCUT2D eigenvalue weighted by Gasteiger charge is 2.18. The van der Waals surface area contributed by atoms with Gasteiger partial charge in [0.25, 0.3) is 0 Å². The summed E-state index contributed by atoms with van der Waals surface area (Å²) in [5.74, 6) is 1.26. The Labute approximate surface area is 143 Å². The zero-order valence-corrected chi connectivity index (χ0v) is 14.7. The SMILES string of the molecule is CC(C)C[C@H](N)C(=O)N(C)CCCc1cc(-c2ccccc2)no1. The van der Waals surface area contributed by atoms with Crippen molar-refractivity contribution in [3.8, 4) is 11.3 Å². The fourth-order valence-corrected chi connectivity index (χ4v) is 2.67. The fourth-order valence-electron chi connectivity index (χ4n) is 2.67. The molecule has 1 amide bonds. The minimum absolute atomic E-state index is 0.00578. The fraction of sp³-hybridized carbons (Fsp3) is 0.474. The maximum Gasteiger partial charge on any atom is 0.239 e. The molecule has 0 saturated carbocycles. The molecule has 24 heavy (non-hydrogen) atoms. The molecule has 0 unspecified atom stereocenters. The number of hydrogen-bond donors (Lipinski definition) is 1. The predicted molar refractivity (Wildman–Crippen MR) is 95.3 cm³/mol. The lowest BCUT2D eigenvalue weighted by molar-refractivity contribution is -0.131. The van der Waals surface area contributed by atoms with Crippen LogP contribution in [0, 0.1) is 5.92 Å². The zero-order chi connectivity index (χ0) is 17.5. The molecule has 1 aromatic carbocycles. The van der Waals surface area contributed by atoms with E-state index in [2.05, 4.69) is 19.0 Å². The summed E-state index contributed by atoms with van der Waals surface area (Å²) >= 11 is 0. The minimum atomic E-state index is -0.412. The molecular weight excluding hydrogens is 302 g/mol. The van der Waals surface area contributed by atoms with Crippen molar-refractivity contribution >= 4 is 5.91 Å². The molecule has 1 aromatic heterocycles. The van der Waals surface area contributed by atoms with Gasteiger partial charge in [-0.15, -0.1) is 0 Å². The number of carbonyl (C=O) groups excluding carboxylic acids is 1. The van der Waals surface area contributed by atoms with Crippen LogP contribution in [0.15, 0.2) is 40.9 Å². The van der Waals surface area contributed by atoms with E-state index in [0.29, 0.717) is 18.9 Å². The van der Waals surface area contributed by atoms with E-state index in [1.807, 2.05) is 36.4 Å². The molecule has 1 heterocycles. The lowest BCUT2D eigenvalue weighted by atomic mass is 10.0. The third-order valence-electron chi connectivity index (χ3n) is 3.96. The number of likely N-dealkylation sites (N-methyl/N-ethyl adjacent to an activating group) is 1. The smallest absolute Gasteiger partial charge is 0.239 e. The maximum absolute atomic E-state index is 12.2. The first-order valence-electron chi connectivity index (χ1n) is 8.49. The Bertz CT molecular complexity index is 637. The second-order valence-electron chi connectivity index (χ2n) is 6.64. The second-order valence-corrected chi connectivity index (χ2v) is 6.64. The Morgan fingerprint density at radius 1 is 1.29 bits per heavy atom. The van der Waals surface area contributed by atoms with Gasteiger partial charge in [-0.3, -0.25) is 4.79 Å². The van der Waals surface area contributed by atoms with Crippen molar-refractivity contribution < 1.29 is 9.32 Å². The van der Waals surface area contributed by atoms with Gasteiger partial charge in [-0.1, -0.05) is 49.3 Å². The summed E-state index contributed by atoms with van der Waals surface area (Å²) in [4.78, 5) is 13.9.